The second kappa shape index (κ2) is 12.5. The molecule has 13 rings (SSSR count). The molecule has 0 saturated heterocycles. The monoisotopic (exact) mass is 787 g/mol. The van der Waals surface area contributed by atoms with E-state index >= 15 is 0 Å². The molecule has 1 nitrogen and oxygen atoms in total. The first-order valence-corrected chi connectivity index (χ1v) is 23.5. The summed E-state index contributed by atoms with van der Waals surface area (Å²) in [5.41, 5.74) is 18.5. The number of rotatable bonds is 4. The first-order chi connectivity index (χ1) is 28.4. The van der Waals surface area contributed by atoms with E-state index in [2.05, 4.69) is 174 Å². The van der Waals surface area contributed by atoms with Crippen LogP contribution in [-0.4, -0.2) is 0 Å². The number of hydrogen-bond donors (Lipinski definition) is 0. The Morgan fingerprint density at radius 2 is 1.08 bits per heavy atom. The van der Waals surface area contributed by atoms with E-state index in [1.54, 1.807) is 11.1 Å². The van der Waals surface area contributed by atoms with E-state index in [1.165, 1.54) is 116 Å². The summed E-state index contributed by atoms with van der Waals surface area (Å²) in [7, 11) is 0. The van der Waals surface area contributed by atoms with Crippen LogP contribution in [0.1, 0.15) is 120 Å². The van der Waals surface area contributed by atoms with E-state index in [9.17, 15) is 0 Å². The maximum atomic E-state index is 2.58. The van der Waals surface area contributed by atoms with Crippen LogP contribution in [0.4, 0.5) is 17.1 Å². The van der Waals surface area contributed by atoms with Gasteiger partial charge in [-0.3, -0.25) is 0 Å². The van der Waals surface area contributed by atoms with Crippen LogP contribution in [0, 0.1) is 23.7 Å². The van der Waals surface area contributed by atoms with Crippen molar-refractivity contribution in [3.63, 3.8) is 0 Å². The van der Waals surface area contributed by atoms with Crippen molar-refractivity contribution < 1.29 is 0 Å². The predicted octanol–water partition coefficient (Wildman–Crippen LogP) is 15.7. The molecule has 4 saturated carbocycles. The molecule has 6 aromatic carbocycles. The van der Waals surface area contributed by atoms with Gasteiger partial charge in [0.25, 0.3) is 0 Å². The highest BCUT2D eigenvalue weighted by molar-refractivity contribution is 7.99. The minimum absolute atomic E-state index is 0.0555. The van der Waals surface area contributed by atoms with Crippen LogP contribution in [0.5, 0.6) is 0 Å². The Morgan fingerprint density at radius 3 is 1.85 bits per heavy atom. The number of fused-ring (bicyclic) bond motifs is 6. The normalized spacial score (nSPS) is 26.7. The van der Waals surface area contributed by atoms with Crippen LogP contribution < -0.4 is 4.90 Å². The van der Waals surface area contributed by atoms with Gasteiger partial charge in [-0.1, -0.05) is 138 Å². The maximum Gasteiger partial charge on any atom is 0.0502 e. The van der Waals surface area contributed by atoms with Gasteiger partial charge in [0.1, 0.15) is 0 Å². The average Bonchev–Trinajstić information content (AvgIpc) is 3.46. The van der Waals surface area contributed by atoms with Gasteiger partial charge < -0.3 is 4.90 Å². The first-order valence-electron chi connectivity index (χ1n) is 22.6. The summed E-state index contributed by atoms with van der Waals surface area (Å²) in [4.78, 5) is 5.57. The molecule has 1 aliphatic heterocycles. The molecule has 0 N–H and O–H groups in total. The largest absolute Gasteiger partial charge is 0.310 e. The number of benzene rings is 6. The topological polar surface area (TPSA) is 3.24 Å². The molecule has 6 aromatic rings. The zero-order chi connectivity index (χ0) is 40.1. The summed E-state index contributed by atoms with van der Waals surface area (Å²) < 4.78 is 0. The number of nitrogens with zero attached hydrogens (tertiary/aromatic N) is 1. The van der Waals surface area contributed by atoms with Gasteiger partial charge in [0, 0.05) is 32.0 Å². The van der Waals surface area contributed by atoms with Crippen molar-refractivity contribution in [2.24, 2.45) is 23.7 Å². The summed E-state index contributed by atoms with van der Waals surface area (Å²) in [5.74, 6) is 3.44. The minimum Gasteiger partial charge on any atom is -0.310 e. The van der Waals surface area contributed by atoms with E-state index in [1.807, 2.05) is 11.8 Å². The number of hydrogen-bond acceptors (Lipinski definition) is 2. The van der Waals surface area contributed by atoms with Crippen LogP contribution in [-0.2, 0) is 21.7 Å². The maximum absolute atomic E-state index is 2.58. The Kier molecular flexibility index (Phi) is 7.70. The highest BCUT2D eigenvalue weighted by Crippen LogP contribution is 2.69. The Hall–Kier alpha value is -4.53. The quantitative estimate of drug-likeness (QED) is 0.175. The molecule has 0 aromatic heterocycles. The van der Waals surface area contributed by atoms with Gasteiger partial charge >= 0.3 is 0 Å². The van der Waals surface area contributed by atoms with Crippen LogP contribution in [0.15, 0.2) is 137 Å². The Balaban J connectivity index is 0.978. The van der Waals surface area contributed by atoms with Crippen LogP contribution in [0.2, 0.25) is 0 Å². The smallest absolute Gasteiger partial charge is 0.0502 e. The van der Waals surface area contributed by atoms with Crippen molar-refractivity contribution in [2.45, 2.75) is 118 Å². The van der Waals surface area contributed by atoms with Gasteiger partial charge in [-0.2, -0.15) is 0 Å². The molecule has 1 heterocycles. The molecule has 0 amide bonds. The third-order valence-electron chi connectivity index (χ3n) is 16.8. The molecule has 1 spiro atoms. The molecule has 4 fully saturated rings. The molecule has 0 unspecified atom stereocenters. The Labute approximate surface area is 356 Å². The van der Waals surface area contributed by atoms with E-state index in [0.29, 0.717) is 0 Å². The number of anilines is 3. The summed E-state index contributed by atoms with van der Waals surface area (Å²) in [6.07, 6.45) is 9.52. The highest BCUT2D eigenvalue weighted by Gasteiger charge is 2.60. The molecular weight excluding hydrogens is 731 g/mol. The molecule has 0 radical (unpaired) electrons. The van der Waals surface area contributed by atoms with Crippen LogP contribution in [0.3, 0.4) is 0 Å². The van der Waals surface area contributed by atoms with Crippen LogP contribution >= 0.6 is 11.8 Å². The highest BCUT2D eigenvalue weighted by atomic mass is 32.2. The average molecular weight is 788 g/mol. The van der Waals surface area contributed by atoms with Crippen molar-refractivity contribution in [1.29, 1.82) is 0 Å². The fraction of sp³-hybridized carbons (Fsp3) is 0.368. The Morgan fingerprint density at radius 1 is 0.475 bits per heavy atom. The van der Waals surface area contributed by atoms with Crippen molar-refractivity contribution >= 4 is 28.8 Å². The van der Waals surface area contributed by atoms with E-state index in [0.717, 1.165) is 23.7 Å². The molecule has 6 aliphatic carbocycles. The van der Waals surface area contributed by atoms with Crippen molar-refractivity contribution in [2.75, 3.05) is 4.90 Å². The third-order valence-corrected chi connectivity index (χ3v) is 17.9. The molecule has 296 valence electrons. The predicted molar refractivity (Wildman–Crippen MR) is 248 cm³/mol. The van der Waals surface area contributed by atoms with Gasteiger partial charge in [0.05, 0.1) is 5.69 Å². The fourth-order valence-corrected chi connectivity index (χ4v) is 15.3. The molecular formula is C57H57NS. The molecule has 0 atom stereocenters. The van der Waals surface area contributed by atoms with Gasteiger partial charge in [-0.15, -0.1) is 0 Å². The molecule has 59 heavy (non-hydrogen) atoms. The van der Waals surface area contributed by atoms with Gasteiger partial charge in [-0.05, 0) is 178 Å². The fourth-order valence-electron chi connectivity index (χ4n) is 14.0. The zero-order valence-electron chi connectivity index (χ0n) is 35.7. The summed E-state index contributed by atoms with van der Waals surface area (Å²) in [6, 6.07) is 50.0. The molecule has 7 aliphatic rings. The van der Waals surface area contributed by atoms with Crippen LogP contribution in [0.25, 0.3) is 22.3 Å². The Bertz CT molecular complexity index is 2660. The summed E-state index contributed by atoms with van der Waals surface area (Å²) in [5, 5.41) is 0. The summed E-state index contributed by atoms with van der Waals surface area (Å²) in [6.45, 7) is 14.6. The minimum atomic E-state index is -0.0743. The second-order valence-electron chi connectivity index (χ2n) is 21.2. The third kappa shape index (κ3) is 5.11. The van der Waals surface area contributed by atoms with Gasteiger partial charge in [0.15, 0.2) is 0 Å². The lowest BCUT2D eigenvalue weighted by atomic mass is 9.42. The van der Waals surface area contributed by atoms with E-state index < -0.39 is 0 Å². The van der Waals surface area contributed by atoms with Crippen molar-refractivity contribution in [3.8, 4) is 22.3 Å². The van der Waals surface area contributed by atoms with Gasteiger partial charge in [-0.25, -0.2) is 0 Å². The first kappa shape index (κ1) is 36.3. The second-order valence-corrected chi connectivity index (χ2v) is 22.3. The lowest BCUT2D eigenvalue weighted by molar-refractivity contribution is -0.0443. The van der Waals surface area contributed by atoms with Crippen molar-refractivity contribution in [3.05, 3.63) is 161 Å². The van der Waals surface area contributed by atoms with E-state index in [-0.39, 0.29) is 21.7 Å². The molecule has 4 bridgehead atoms. The lowest BCUT2D eigenvalue weighted by Gasteiger charge is -2.63. The lowest BCUT2D eigenvalue weighted by Crippen LogP contribution is -2.57. The summed E-state index contributed by atoms with van der Waals surface area (Å²) >= 11 is 2.02. The van der Waals surface area contributed by atoms with Gasteiger partial charge in [0.2, 0.25) is 0 Å². The standard InChI is InChI=1S/C57H57NS/c1-54(2)26-27-55(3,4)53-48(54)15-11-16-50(53)58(42-23-24-44-43-12-7-8-13-45(43)56(5,6)49(44)34-42)41-21-18-37(19-22-41)38-20-25-47-52(33-38)59-51-17-10-9-14-46(51)57(47)39-29-35-28-36(31-39)32-40(57)30-35/h7-25,33-36,39-40H,26-32H2,1-6H3. The van der Waals surface area contributed by atoms with E-state index in [4.69, 9.17) is 0 Å². The molecule has 2 heteroatoms. The SMILES string of the molecule is CC1(C)CCC(C)(C)c2c(N(c3ccc(-c4ccc5c(c4)Sc4ccccc4C54C5CC6CC(C5)CC4C6)cc3)c3ccc4c(c3)C(C)(C)c3ccccc3-4)cccc21. The zero-order valence-corrected chi connectivity index (χ0v) is 36.6. The van der Waals surface area contributed by atoms with Crippen molar-refractivity contribution in [1.82, 2.24) is 0 Å².